The number of hydrogen-bond acceptors (Lipinski definition) is 2. The largest absolute Gasteiger partial charge is 0.388 e. The molecule has 0 amide bonds. The Hall–Kier alpha value is -1.00. The first-order valence-corrected chi connectivity index (χ1v) is 7.51. The van der Waals surface area contributed by atoms with Crippen molar-refractivity contribution in [3.63, 3.8) is 0 Å². The lowest BCUT2D eigenvalue weighted by Crippen LogP contribution is -2.29. The van der Waals surface area contributed by atoms with Crippen LogP contribution in [-0.4, -0.2) is 29.6 Å². The van der Waals surface area contributed by atoms with Gasteiger partial charge in [0, 0.05) is 12.6 Å². The van der Waals surface area contributed by atoms with Gasteiger partial charge in [-0.2, -0.15) is 0 Å². The molecule has 2 nitrogen and oxygen atoms in total. The number of nitrogens with zero attached hydrogens (tertiary/aromatic N) is 1. The molecule has 1 fully saturated rings. The predicted molar refractivity (Wildman–Crippen MR) is 75.5 cm³/mol. The summed E-state index contributed by atoms with van der Waals surface area (Å²) in [5.41, 5.74) is 0.328. The molecule has 0 bridgehead atoms. The topological polar surface area (TPSA) is 23.5 Å². The van der Waals surface area contributed by atoms with Crippen molar-refractivity contribution in [3.05, 3.63) is 35.4 Å². The van der Waals surface area contributed by atoms with Gasteiger partial charge in [-0.3, -0.25) is 0 Å². The van der Waals surface area contributed by atoms with Gasteiger partial charge in [-0.15, -0.1) is 0 Å². The lowest BCUT2D eigenvalue weighted by molar-refractivity contribution is 0.137. The Morgan fingerprint density at radius 3 is 2.10 bits per heavy atom. The van der Waals surface area contributed by atoms with Crippen molar-refractivity contribution in [1.29, 1.82) is 0 Å². The highest BCUT2D eigenvalue weighted by Gasteiger charge is 2.14. The molecule has 112 valence electrons. The Bertz CT molecular complexity index is 397. The van der Waals surface area contributed by atoms with Crippen LogP contribution in [-0.2, 0) is 0 Å². The van der Waals surface area contributed by atoms with E-state index in [9.17, 15) is 13.9 Å². The molecule has 1 N–H and O–H groups in total. The van der Waals surface area contributed by atoms with Gasteiger partial charge in [0.15, 0.2) is 0 Å². The molecule has 0 aliphatic carbocycles. The highest BCUT2D eigenvalue weighted by Crippen LogP contribution is 2.20. The third kappa shape index (κ3) is 4.84. The Morgan fingerprint density at radius 1 is 0.950 bits per heavy atom. The van der Waals surface area contributed by atoms with Gasteiger partial charge in [-0.1, -0.05) is 19.3 Å². The SMILES string of the molecule is OC(CCN1CCCCCCC1)c1cc(F)cc(F)c1. The van der Waals surface area contributed by atoms with Crippen molar-refractivity contribution < 1.29 is 13.9 Å². The van der Waals surface area contributed by atoms with Gasteiger partial charge in [-0.05, 0) is 50.0 Å². The van der Waals surface area contributed by atoms with E-state index in [4.69, 9.17) is 0 Å². The van der Waals surface area contributed by atoms with Crippen molar-refractivity contribution in [3.8, 4) is 0 Å². The molecule has 1 aromatic carbocycles. The Balaban J connectivity index is 1.85. The van der Waals surface area contributed by atoms with E-state index in [1.165, 1.54) is 44.2 Å². The molecular weight excluding hydrogens is 260 g/mol. The summed E-state index contributed by atoms with van der Waals surface area (Å²) in [6, 6.07) is 3.25. The third-order valence-corrected chi connectivity index (χ3v) is 3.94. The molecule has 1 atom stereocenters. The average Bonchev–Trinajstić information content (AvgIpc) is 2.36. The summed E-state index contributed by atoms with van der Waals surface area (Å²) in [6.07, 6.45) is 5.98. The quantitative estimate of drug-likeness (QED) is 0.911. The van der Waals surface area contributed by atoms with Crippen LogP contribution in [0.25, 0.3) is 0 Å². The smallest absolute Gasteiger partial charge is 0.126 e. The summed E-state index contributed by atoms with van der Waals surface area (Å²) in [6.45, 7) is 2.90. The molecule has 0 aromatic heterocycles. The highest BCUT2D eigenvalue weighted by atomic mass is 19.1. The second-order valence-electron chi connectivity index (χ2n) is 5.62. The average molecular weight is 283 g/mol. The van der Waals surface area contributed by atoms with Gasteiger partial charge in [-0.25, -0.2) is 8.78 Å². The third-order valence-electron chi connectivity index (χ3n) is 3.94. The molecule has 1 aliphatic rings. The van der Waals surface area contributed by atoms with Crippen LogP contribution in [0.4, 0.5) is 8.78 Å². The van der Waals surface area contributed by atoms with E-state index in [1.54, 1.807) is 0 Å². The molecule has 1 unspecified atom stereocenters. The Morgan fingerprint density at radius 2 is 1.50 bits per heavy atom. The van der Waals surface area contributed by atoms with Crippen LogP contribution < -0.4 is 0 Å². The van der Waals surface area contributed by atoms with Crippen LogP contribution >= 0.6 is 0 Å². The fourth-order valence-corrected chi connectivity index (χ4v) is 2.78. The maximum absolute atomic E-state index is 13.1. The second kappa shape index (κ2) is 7.70. The van der Waals surface area contributed by atoms with Crippen molar-refractivity contribution >= 4 is 0 Å². The normalized spacial score (nSPS) is 19.4. The minimum Gasteiger partial charge on any atom is -0.388 e. The summed E-state index contributed by atoms with van der Waals surface area (Å²) < 4.78 is 26.2. The van der Waals surface area contributed by atoms with Crippen LogP contribution in [0, 0.1) is 11.6 Å². The van der Waals surface area contributed by atoms with Crippen LogP contribution in [0.5, 0.6) is 0 Å². The molecule has 4 heteroatoms. The molecular formula is C16H23F2NO. The van der Waals surface area contributed by atoms with Gasteiger partial charge >= 0.3 is 0 Å². The second-order valence-corrected chi connectivity index (χ2v) is 5.62. The molecule has 1 aromatic rings. The molecule has 1 saturated heterocycles. The number of likely N-dealkylation sites (tertiary alicyclic amines) is 1. The number of aliphatic hydroxyl groups excluding tert-OH is 1. The summed E-state index contributed by atoms with van der Waals surface area (Å²) in [7, 11) is 0. The zero-order chi connectivity index (χ0) is 14.4. The first kappa shape index (κ1) is 15.4. The zero-order valence-corrected chi connectivity index (χ0v) is 11.8. The number of halogens is 2. The summed E-state index contributed by atoms with van der Waals surface area (Å²) in [5.74, 6) is -1.27. The van der Waals surface area contributed by atoms with Gasteiger partial charge in [0.25, 0.3) is 0 Å². The molecule has 0 saturated carbocycles. The highest BCUT2D eigenvalue weighted by molar-refractivity contribution is 5.20. The van der Waals surface area contributed by atoms with Crippen LogP contribution in [0.2, 0.25) is 0 Å². The van der Waals surface area contributed by atoms with Gasteiger partial charge < -0.3 is 10.0 Å². The lowest BCUT2D eigenvalue weighted by atomic mass is 10.0. The predicted octanol–water partition coefficient (Wildman–Crippen LogP) is 3.65. The fraction of sp³-hybridized carbons (Fsp3) is 0.625. The van der Waals surface area contributed by atoms with Crippen LogP contribution in [0.3, 0.4) is 0 Å². The Labute approximate surface area is 119 Å². The van der Waals surface area contributed by atoms with Crippen molar-refractivity contribution in [2.75, 3.05) is 19.6 Å². The zero-order valence-electron chi connectivity index (χ0n) is 11.8. The number of hydrogen-bond donors (Lipinski definition) is 1. The summed E-state index contributed by atoms with van der Waals surface area (Å²) in [5, 5.41) is 10.1. The van der Waals surface area contributed by atoms with E-state index >= 15 is 0 Å². The molecule has 2 rings (SSSR count). The lowest BCUT2D eigenvalue weighted by Gasteiger charge is -2.25. The van der Waals surface area contributed by atoms with E-state index in [-0.39, 0.29) is 0 Å². The van der Waals surface area contributed by atoms with E-state index < -0.39 is 17.7 Å². The van der Waals surface area contributed by atoms with Crippen LogP contribution in [0.15, 0.2) is 18.2 Å². The number of rotatable bonds is 4. The first-order chi connectivity index (χ1) is 9.65. The van der Waals surface area contributed by atoms with Crippen LogP contribution in [0.1, 0.15) is 50.2 Å². The van der Waals surface area contributed by atoms with E-state index in [2.05, 4.69) is 4.90 Å². The number of aliphatic hydroxyl groups is 1. The van der Waals surface area contributed by atoms with Crippen molar-refractivity contribution in [2.24, 2.45) is 0 Å². The maximum atomic E-state index is 13.1. The molecule has 1 aliphatic heterocycles. The fourth-order valence-electron chi connectivity index (χ4n) is 2.78. The van der Waals surface area contributed by atoms with E-state index in [1.807, 2.05) is 0 Å². The summed E-state index contributed by atoms with van der Waals surface area (Å²) >= 11 is 0. The molecule has 0 radical (unpaired) electrons. The minimum absolute atomic E-state index is 0.328. The molecule has 1 heterocycles. The maximum Gasteiger partial charge on any atom is 0.126 e. The molecule has 20 heavy (non-hydrogen) atoms. The van der Waals surface area contributed by atoms with E-state index in [0.717, 1.165) is 25.7 Å². The minimum atomic E-state index is -0.800. The standard InChI is InChI=1S/C16H23F2NO/c17-14-10-13(11-15(18)12-14)16(20)6-9-19-7-4-2-1-3-5-8-19/h10-12,16,20H,1-9H2. The van der Waals surface area contributed by atoms with Crippen molar-refractivity contribution in [2.45, 2.75) is 44.6 Å². The van der Waals surface area contributed by atoms with E-state index in [0.29, 0.717) is 12.0 Å². The Kier molecular flexibility index (Phi) is 5.92. The first-order valence-electron chi connectivity index (χ1n) is 7.51. The monoisotopic (exact) mass is 283 g/mol. The van der Waals surface area contributed by atoms with Gasteiger partial charge in [0.1, 0.15) is 11.6 Å². The summed E-state index contributed by atoms with van der Waals surface area (Å²) in [4.78, 5) is 2.35. The number of benzene rings is 1. The van der Waals surface area contributed by atoms with Crippen molar-refractivity contribution in [1.82, 2.24) is 4.90 Å². The van der Waals surface area contributed by atoms with Gasteiger partial charge in [0.05, 0.1) is 6.10 Å². The molecule has 0 spiro atoms. The van der Waals surface area contributed by atoms with Gasteiger partial charge in [0.2, 0.25) is 0 Å².